The highest BCUT2D eigenvalue weighted by Crippen LogP contribution is 2.48. The summed E-state index contributed by atoms with van der Waals surface area (Å²) in [5, 5.41) is 10.5. The molecule has 1 saturated carbocycles. The van der Waals surface area contributed by atoms with Crippen molar-refractivity contribution in [2.45, 2.75) is 51.6 Å². The van der Waals surface area contributed by atoms with Gasteiger partial charge in [0.2, 0.25) is 5.91 Å². The zero-order chi connectivity index (χ0) is 19.4. The van der Waals surface area contributed by atoms with Crippen LogP contribution in [0.5, 0.6) is 0 Å². The third-order valence-corrected chi connectivity index (χ3v) is 6.18. The predicted octanol–water partition coefficient (Wildman–Crippen LogP) is 4.60. The number of aliphatic hydroxyl groups excluding tert-OH is 1. The number of allylic oxidation sites excluding steroid dienone is 2. The molecule has 0 spiro atoms. The molecule has 0 saturated heterocycles. The SMILES string of the molecule is Cc1ccc(C=C[C@@H]2[C@H]3CC(CCCCC(=O)N(C)C)=C[C@H]3C[C@H]2O)cc1. The molecule has 146 valence electrons. The standard InChI is InChI=1S/C24H33NO2/c1-17-8-10-18(11-9-17)12-13-21-22-15-19(14-20(22)16-23(21)26)6-4-5-7-24(27)25(2)3/h8-14,20-23,26H,4-7,15-16H2,1-3H3/t20-,21+,22-,23+/m0/s1. The van der Waals surface area contributed by atoms with Crippen LogP contribution in [0.15, 0.2) is 42.0 Å². The Hall–Kier alpha value is -1.87. The van der Waals surface area contributed by atoms with Crippen molar-refractivity contribution in [2.75, 3.05) is 14.1 Å². The number of carbonyl (C=O) groups excluding carboxylic acids is 1. The highest BCUT2D eigenvalue weighted by atomic mass is 16.3. The number of benzene rings is 1. The zero-order valence-corrected chi connectivity index (χ0v) is 16.9. The van der Waals surface area contributed by atoms with Gasteiger partial charge in [0.1, 0.15) is 0 Å². The summed E-state index contributed by atoms with van der Waals surface area (Å²) >= 11 is 0. The van der Waals surface area contributed by atoms with E-state index in [2.05, 4.69) is 49.4 Å². The molecule has 0 radical (unpaired) electrons. The van der Waals surface area contributed by atoms with Gasteiger partial charge in [-0.2, -0.15) is 0 Å². The molecule has 0 bridgehead atoms. The predicted molar refractivity (Wildman–Crippen MR) is 111 cm³/mol. The first-order valence-electron chi connectivity index (χ1n) is 10.3. The molecule has 0 unspecified atom stereocenters. The van der Waals surface area contributed by atoms with Crippen LogP contribution in [0.1, 0.15) is 49.7 Å². The quantitative estimate of drug-likeness (QED) is 0.565. The Bertz CT molecular complexity index is 702. The summed E-state index contributed by atoms with van der Waals surface area (Å²) in [4.78, 5) is 13.3. The van der Waals surface area contributed by atoms with E-state index in [1.807, 2.05) is 14.1 Å². The number of fused-ring (bicyclic) bond motifs is 1. The van der Waals surface area contributed by atoms with E-state index < -0.39 is 0 Å². The summed E-state index contributed by atoms with van der Waals surface area (Å²) < 4.78 is 0. The molecule has 0 heterocycles. The molecule has 27 heavy (non-hydrogen) atoms. The van der Waals surface area contributed by atoms with Crippen molar-refractivity contribution in [3.05, 3.63) is 53.1 Å². The van der Waals surface area contributed by atoms with Crippen LogP contribution in [0.4, 0.5) is 0 Å². The van der Waals surface area contributed by atoms with Crippen molar-refractivity contribution < 1.29 is 9.90 Å². The normalized spacial score (nSPS) is 27.0. The second-order valence-corrected chi connectivity index (χ2v) is 8.50. The lowest BCUT2D eigenvalue weighted by molar-refractivity contribution is -0.128. The lowest BCUT2D eigenvalue weighted by atomic mass is 9.88. The van der Waals surface area contributed by atoms with E-state index >= 15 is 0 Å². The third-order valence-electron chi connectivity index (χ3n) is 6.18. The third kappa shape index (κ3) is 5.10. The van der Waals surface area contributed by atoms with Gasteiger partial charge in [0.25, 0.3) is 0 Å². The largest absolute Gasteiger partial charge is 0.392 e. The smallest absolute Gasteiger partial charge is 0.222 e. The van der Waals surface area contributed by atoms with Crippen molar-refractivity contribution in [3.63, 3.8) is 0 Å². The maximum absolute atomic E-state index is 11.7. The molecule has 1 fully saturated rings. The lowest BCUT2D eigenvalue weighted by Crippen LogP contribution is -2.21. The summed E-state index contributed by atoms with van der Waals surface area (Å²) in [7, 11) is 3.64. The van der Waals surface area contributed by atoms with E-state index in [1.165, 1.54) is 16.7 Å². The van der Waals surface area contributed by atoms with Gasteiger partial charge in [-0.1, -0.05) is 53.6 Å². The summed E-state index contributed by atoms with van der Waals surface area (Å²) in [5.41, 5.74) is 4.00. The highest BCUT2D eigenvalue weighted by Gasteiger charge is 2.43. The molecule has 1 aromatic carbocycles. The maximum Gasteiger partial charge on any atom is 0.222 e. The zero-order valence-electron chi connectivity index (χ0n) is 16.9. The molecule has 0 aliphatic heterocycles. The van der Waals surface area contributed by atoms with Crippen molar-refractivity contribution in [3.8, 4) is 0 Å². The number of aryl methyl sites for hydroxylation is 1. The average Bonchev–Trinajstić information content (AvgIpc) is 3.14. The number of carbonyl (C=O) groups is 1. The highest BCUT2D eigenvalue weighted by molar-refractivity contribution is 5.75. The van der Waals surface area contributed by atoms with Crippen molar-refractivity contribution in [2.24, 2.45) is 17.8 Å². The first-order valence-corrected chi connectivity index (χ1v) is 10.3. The van der Waals surface area contributed by atoms with Crippen LogP contribution < -0.4 is 0 Å². The molecule has 2 aliphatic carbocycles. The van der Waals surface area contributed by atoms with Crippen LogP contribution >= 0.6 is 0 Å². The van der Waals surface area contributed by atoms with Gasteiger partial charge in [-0.25, -0.2) is 0 Å². The summed E-state index contributed by atoms with van der Waals surface area (Å²) in [5.74, 6) is 1.53. The van der Waals surface area contributed by atoms with Gasteiger partial charge in [0, 0.05) is 26.4 Å². The molecule has 1 amide bonds. The van der Waals surface area contributed by atoms with Crippen LogP contribution in [-0.2, 0) is 4.79 Å². The fourth-order valence-electron chi connectivity index (χ4n) is 4.54. The molecule has 0 aromatic heterocycles. The van der Waals surface area contributed by atoms with Gasteiger partial charge < -0.3 is 10.0 Å². The summed E-state index contributed by atoms with van der Waals surface area (Å²) in [6.07, 6.45) is 12.4. The summed E-state index contributed by atoms with van der Waals surface area (Å²) in [6.45, 7) is 2.10. The number of rotatable bonds is 7. The van der Waals surface area contributed by atoms with E-state index in [9.17, 15) is 9.90 Å². The Kier molecular flexibility index (Phi) is 6.54. The lowest BCUT2D eigenvalue weighted by Gasteiger charge is -2.18. The Morgan fingerprint density at radius 1 is 1.22 bits per heavy atom. The number of unbranched alkanes of at least 4 members (excludes halogenated alkanes) is 1. The first-order chi connectivity index (χ1) is 12.9. The molecule has 3 heteroatoms. The van der Waals surface area contributed by atoms with E-state index in [4.69, 9.17) is 0 Å². The Morgan fingerprint density at radius 3 is 2.67 bits per heavy atom. The molecule has 1 N–H and O–H groups in total. The van der Waals surface area contributed by atoms with Crippen LogP contribution in [0, 0.1) is 24.7 Å². The Morgan fingerprint density at radius 2 is 1.96 bits per heavy atom. The second-order valence-electron chi connectivity index (χ2n) is 8.50. The fourth-order valence-corrected chi connectivity index (χ4v) is 4.54. The van der Waals surface area contributed by atoms with Crippen LogP contribution in [0.25, 0.3) is 6.08 Å². The van der Waals surface area contributed by atoms with Crippen LogP contribution in [0.3, 0.4) is 0 Å². The van der Waals surface area contributed by atoms with Gasteiger partial charge in [-0.05, 0) is 56.4 Å². The molecule has 2 aliphatic rings. The molecular weight excluding hydrogens is 334 g/mol. The first kappa shape index (κ1) is 19.9. The fraction of sp³-hybridized carbons (Fsp3) is 0.542. The minimum atomic E-state index is -0.225. The van der Waals surface area contributed by atoms with Crippen molar-refractivity contribution in [1.82, 2.24) is 4.90 Å². The number of aliphatic hydroxyl groups is 1. The van der Waals surface area contributed by atoms with Crippen LogP contribution in [-0.4, -0.2) is 36.1 Å². The van der Waals surface area contributed by atoms with Gasteiger partial charge in [0.15, 0.2) is 0 Å². The van der Waals surface area contributed by atoms with E-state index in [0.29, 0.717) is 18.3 Å². The number of nitrogens with zero attached hydrogens (tertiary/aromatic N) is 1. The molecule has 3 rings (SSSR count). The minimum absolute atomic E-state index is 0.219. The number of amides is 1. The second kappa shape index (κ2) is 8.88. The molecule has 4 atom stereocenters. The van der Waals surface area contributed by atoms with E-state index in [0.717, 1.165) is 32.1 Å². The van der Waals surface area contributed by atoms with Gasteiger partial charge in [0.05, 0.1) is 6.10 Å². The minimum Gasteiger partial charge on any atom is -0.392 e. The summed E-state index contributed by atoms with van der Waals surface area (Å²) in [6, 6.07) is 8.53. The topological polar surface area (TPSA) is 40.5 Å². The van der Waals surface area contributed by atoms with Crippen molar-refractivity contribution in [1.29, 1.82) is 0 Å². The maximum atomic E-state index is 11.7. The van der Waals surface area contributed by atoms with Gasteiger partial charge >= 0.3 is 0 Å². The molecule has 1 aromatic rings. The monoisotopic (exact) mass is 367 g/mol. The number of hydrogen-bond acceptors (Lipinski definition) is 2. The van der Waals surface area contributed by atoms with Crippen molar-refractivity contribution >= 4 is 12.0 Å². The average molecular weight is 368 g/mol. The van der Waals surface area contributed by atoms with E-state index in [1.54, 1.807) is 4.90 Å². The Labute approximate surface area is 163 Å². The van der Waals surface area contributed by atoms with E-state index in [-0.39, 0.29) is 17.9 Å². The van der Waals surface area contributed by atoms with Gasteiger partial charge in [-0.15, -0.1) is 0 Å². The number of hydrogen-bond donors (Lipinski definition) is 1. The Balaban J connectivity index is 1.50. The molecule has 3 nitrogen and oxygen atoms in total. The molecular formula is C24H33NO2. The van der Waals surface area contributed by atoms with Gasteiger partial charge in [-0.3, -0.25) is 4.79 Å². The van der Waals surface area contributed by atoms with Crippen LogP contribution in [0.2, 0.25) is 0 Å².